The summed E-state index contributed by atoms with van der Waals surface area (Å²) in [5.74, 6) is 0.00548. The molecule has 19 heavy (non-hydrogen) atoms. The minimum atomic E-state index is -0.797. The highest BCUT2D eigenvalue weighted by atomic mass is 16.6. The van der Waals surface area contributed by atoms with E-state index in [0.29, 0.717) is 11.8 Å². The van der Waals surface area contributed by atoms with Gasteiger partial charge in [-0.2, -0.15) is 0 Å². The van der Waals surface area contributed by atoms with Crippen LogP contribution in [0.4, 0.5) is 0 Å². The van der Waals surface area contributed by atoms with Crippen LogP contribution in [0.1, 0.15) is 59.3 Å². The van der Waals surface area contributed by atoms with Gasteiger partial charge in [-0.15, -0.1) is 0 Å². The summed E-state index contributed by atoms with van der Waals surface area (Å²) in [5.41, 5.74) is -0.838. The highest BCUT2D eigenvalue weighted by molar-refractivity contribution is 5.74. The van der Waals surface area contributed by atoms with Gasteiger partial charge in [0.15, 0.2) is 0 Å². The molecule has 0 heterocycles. The Morgan fingerprint density at radius 2 is 1.95 bits per heavy atom. The number of ether oxygens (including phenoxy) is 1. The third kappa shape index (κ3) is 3.10. The van der Waals surface area contributed by atoms with Crippen molar-refractivity contribution in [1.82, 2.24) is 0 Å². The second-order valence-corrected chi connectivity index (χ2v) is 7.20. The number of rotatable bonds is 4. The van der Waals surface area contributed by atoms with Gasteiger partial charge in [-0.25, -0.2) is 0 Å². The number of carbonyl (C=O) groups excluding carboxylic acids is 1. The number of esters is 1. The summed E-state index contributed by atoms with van der Waals surface area (Å²) in [5, 5.41) is 9.13. The van der Waals surface area contributed by atoms with E-state index in [4.69, 9.17) is 9.84 Å². The molecule has 4 heteroatoms. The maximum atomic E-state index is 12.0. The maximum absolute atomic E-state index is 12.0. The normalized spacial score (nSPS) is 33.4. The van der Waals surface area contributed by atoms with Crippen LogP contribution >= 0.6 is 0 Å². The fourth-order valence-electron chi connectivity index (χ4n) is 4.04. The molecule has 2 aliphatic rings. The molecule has 0 spiro atoms. The Morgan fingerprint density at radius 1 is 1.26 bits per heavy atom. The molecule has 0 aliphatic heterocycles. The number of carbonyl (C=O) groups is 2. The standard InChI is InChI=1S/C15H24O4/c1-14(2,3)19-13(18)9-15(8-12(16)17)7-10-5-4-6-11(10)15/h10-11H,4-9H2,1-3H3,(H,16,17). The van der Waals surface area contributed by atoms with Crippen molar-refractivity contribution in [2.24, 2.45) is 17.3 Å². The van der Waals surface area contributed by atoms with E-state index in [1.165, 1.54) is 12.8 Å². The van der Waals surface area contributed by atoms with E-state index in [0.717, 1.165) is 12.8 Å². The van der Waals surface area contributed by atoms with Gasteiger partial charge in [-0.3, -0.25) is 9.59 Å². The average Bonchev–Trinajstić information content (AvgIpc) is 2.55. The zero-order valence-electron chi connectivity index (χ0n) is 12.1. The largest absolute Gasteiger partial charge is 0.481 e. The molecular formula is C15H24O4. The minimum absolute atomic E-state index is 0.105. The van der Waals surface area contributed by atoms with Crippen molar-refractivity contribution in [2.45, 2.75) is 64.9 Å². The van der Waals surface area contributed by atoms with Crippen LogP contribution in [0.25, 0.3) is 0 Å². The Labute approximate surface area is 114 Å². The molecule has 4 nitrogen and oxygen atoms in total. The molecule has 0 aromatic rings. The van der Waals surface area contributed by atoms with Gasteiger partial charge in [0.05, 0.1) is 12.8 Å². The van der Waals surface area contributed by atoms with E-state index in [2.05, 4.69) is 0 Å². The molecule has 0 bridgehead atoms. The molecule has 0 radical (unpaired) electrons. The summed E-state index contributed by atoms with van der Waals surface area (Å²) < 4.78 is 5.37. The smallest absolute Gasteiger partial charge is 0.306 e. The van der Waals surface area contributed by atoms with E-state index in [-0.39, 0.29) is 24.2 Å². The fraction of sp³-hybridized carbons (Fsp3) is 0.867. The van der Waals surface area contributed by atoms with Crippen LogP contribution in [-0.2, 0) is 14.3 Å². The quantitative estimate of drug-likeness (QED) is 0.796. The Bertz CT molecular complexity index is 382. The minimum Gasteiger partial charge on any atom is -0.481 e. The number of hydrogen-bond donors (Lipinski definition) is 1. The van der Waals surface area contributed by atoms with Crippen molar-refractivity contribution in [2.75, 3.05) is 0 Å². The van der Waals surface area contributed by atoms with Gasteiger partial charge in [-0.1, -0.05) is 12.8 Å². The first-order valence-electron chi connectivity index (χ1n) is 7.15. The highest BCUT2D eigenvalue weighted by Gasteiger charge is 2.57. The Kier molecular flexibility index (Phi) is 3.63. The number of aliphatic carboxylic acids is 1. The summed E-state index contributed by atoms with van der Waals surface area (Å²) in [6, 6.07) is 0. The third-order valence-electron chi connectivity index (χ3n) is 4.53. The van der Waals surface area contributed by atoms with Crippen LogP contribution < -0.4 is 0 Å². The van der Waals surface area contributed by atoms with Crippen LogP contribution in [0, 0.1) is 17.3 Å². The van der Waals surface area contributed by atoms with Crippen molar-refractivity contribution >= 4 is 11.9 Å². The molecule has 2 saturated carbocycles. The van der Waals surface area contributed by atoms with E-state index in [1.807, 2.05) is 20.8 Å². The van der Waals surface area contributed by atoms with Crippen molar-refractivity contribution in [1.29, 1.82) is 0 Å². The van der Waals surface area contributed by atoms with Crippen LogP contribution in [0.5, 0.6) is 0 Å². The molecule has 2 fully saturated rings. The van der Waals surface area contributed by atoms with Crippen LogP contribution in [0.2, 0.25) is 0 Å². The molecule has 2 rings (SSSR count). The Balaban J connectivity index is 2.03. The lowest BCUT2D eigenvalue weighted by Gasteiger charge is -2.52. The van der Waals surface area contributed by atoms with Gasteiger partial charge in [0.2, 0.25) is 0 Å². The van der Waals surface area contributed by atoms with Gasteiger partial charge in [0, 0.05) is 0 Å². The molecule has 0 aromatic carbocycles. The molecule has 0 aromatic heterocycles. The third-order valence-corrected chi connectivity index (χ3v) is 4.53. The number of carboxylic acid groups (broad SMARTS) is 1. The SMILES string of the molecule is CC(C)(C)OC(=O)CC1(CC(=O)O)CC2CCCC21. The zero-order chi connectivity index (χ0) is 14.3. The molecule has 108 valence electrons. The van der Waals surface area contributed by atoms with Crippen LogP contribution in [0.3, 0.4) is 0 Å². The first-order chi connectivity index (χ1) is 8.72. The number of fused-ring (bicyclic) bond motifs is 1. The van der Waals surface area contributed by atoms with Gasteiger partial charge in [0.25, 0.3) is 0 Å². The first-order valence-corrected chi connectivity index (χ1v) is 7.15. The van der Waals surface area contributed by atoms with Gasteiger partial charge < -0.3 is 9.84 Å². The van der Waals surface area contributed by atoms with Crippen molar-refractivity contribution in [3.63, 3.8) is 0 Å². The summed E-state index contributed by atoms with van der Waals surface area (Å²) in [7, 11) is 0. The maximum Gasteiger partial charge on any atom is 0.306 e. The number of hydrogen-bond acceptors (Lipinski definition) is 3. The predicted octanol–water partition coefficient (Wildman–Crippen LogP) is 3.00. The van der Waals surface area contributed by atoms with E-state index in [9.17, 15) is 9.59 Å². The van der Waals surface area contributed by atoms with Gasteiger partial charge in [-0.05, 0) is 50.9 Å². The van der Waals surface area contributed by atoms with E-state index >= 15 is 0 Å². The second-order valence-electron chi connectivity index (χ2n) is 7.20. The van der Waals surface area contributed by atoms with Gasteiger partial charge >= 0.3 is 11.9 Å². The average molecular weight is 268 g/mol. The number of carboxylic acids is 1. The molecule has 3 atom stereocenters. The van der Waals surface area contributed by atoms with Crippen molar-refractivity contribution in [3.8, 4) is 0 Å². The summed E-state index contributed by atoms with van der Waals surface area (Å²) in [6.07, 6.45) is 4.68. The van der Waals surface area contributed by atoms with Crippen molar-refractivity contribution in [3.05, 3.63) is 0 Å². The zero-order valence-corrected chi connectivity index (χ0v) is 12.1. The predicted molar refractivity (Wildman–Crippen MR) is 70.6 cm³/mol. The molecule has 1 N–H and O–H groups in total. The summed E-state index contributed by atoms with van der Waals surface area (Å²) in [6.45, 7) is 5.52. The fourth-order valence-corrected chi connectivity index (χ4v) is 4.04. The Hall–Kier alpha value is -1.06. The molecule has 3 unspecified atom stereocenters. The highest BCUT2D eigenvalue weighted by Crippen LogP contribution is 2.62. The van der Waals surface area contributed by atoms with Crippen LogP contribution in [-0.4, -0.2) is 22.6 Å². The van der Waals surface area contributed by atoms with E-state index in [1.54, 1.807) is 0 Å². The monoisotopic (exact) mass is 268 g/mol. The van der Waals surface area contributed by atoms with E-state index < -0.39 is 11.6 Å². The lowest BCUT2D eigenvalue weighted by molar-refractivity contribution is -0.166. The summed E-state index contributed by atoms with van der Waals surface area (Å²) in [4.78, 5) is 23.1. The van der Waals surface area contributed by atoms with Crippen LogP contribution in [0.15, 0.2) is 0 Å². The van der Waals surface area contributed by atoms with Gasteiger partial charge in [0.1, 0.15) is 5.60 Å². The lowest BCUT2D eigenvalue weighted by Crippen LogP contribution is -2.48. The lowest BCUT2D eigenvalue weighted by atomic mass is 9.52. The topological polar surface area (TPSA) is 63.6 Å². The Morgan fingerprint density at radius 3 is 2.47 bits per heavy atom. The molecule has 2 aliphatic carbocycles. The molecule has 0 saturated heterocycles. The summed E-state index contributed by atoms with van der Waals surface area (Å²) >= 11 is 0. The van der Waals surface area contributed by atoms with Crippen molar-refractivity contribution < 1.29 is 19.4 Å². The first kappa shape index (κ1) is 14.4. The second kappa shape index (κ2) is 4.80. The molecule has 0 amide bonds. The molecular weight excluding hydrogens is 244 g/mol.